The molecule has 2 aliphatic heterocycles. The van der Waals surface area contributed by atoms with E-state index in [0.717, 1.165) is 47.4 Å². The van der Waals surface area contributed by atoms with Gasteiger partial charge < -0.3 is 24.6 Å². The van der Waals surface area contributed by atoms with E-state index in [1.165, 1.54) is 11.1 Å². The van der Waals surface area contributed by atoms with Crippen LogP contribution in [0.3, 0.4) is 0 Å². The summed E-state index contributed by atoms with van der Waals surface area (Å²) in [5.74, 6) is 1.29. The van der Waals surface area contributed by atoms with Gasteiger partial charge in [0.1, 0.15) is 11.9 Å². The third kappa shape index (κ3) is 3.41. The van der Waals surface area contributed by atoms with Gasteiger partial charge in [0.15, 0.2) is 11.5 Å². The number of aromatic hydroxyl groups is 1. The van der Waals surface area contributed by atoms with Crippen LogP contribution in [0.15, 0.2) is 42.5 Å². The van der Waals surface area contributed by atoms with Crippen LogP contribution in [0.25, 0.3) is 16.7 Å². The van der Waals surface area contributed by atoms with E-state index < -0.39 is 0 Å². The summed E-state index contributed by atoms with van der Waals surface area (Å²) in [5.41, 5.74) is 6.18. The predicted octanol–water partition coefficient (Wildman–Crippen LogP) is 6.48. The SMILES string of the molecule is COCC1(C2Oc3ccc(O)c(OC)c3-c3ccc4c(c32)C(C)=CC(C)(C)N4)CC=CCC1. The highest BCUT2D eigenvalue weighted by Crippen LogP contribution is 2.59. The van der Waals surface area contributed by atoms with Crippen LogP contribution < -0.4 is 14.8 Å². The van der Waals surface area contributed by atoms with Crippen LogP contribution in [0.2, 0.25) is 0 Å². The second kappa shape index (κ2) is 7.84. The lowest BCUT2D eigenvalue weighted by Gasteiger charge is -2.46. The third-order valence-corrected chi connectivity index (χ3v) is 7.24. The van der Waals surface area contributed by atoms with Gasteiger partial charge in [0.05, 0.1) is 24.8 Å². The van der Waals surface area contributed by atoms with Gasteiger partial charge in [-0.05, 0) is 69.4 Å². The average Bonchev–Trinajstić information content (AvgIpc) is 2.78. The van der Waals surface area contributed by atoms with Crippen molar-refractivity contribution in [3.63, 3.8) is 0 Å². The van der Waals surface area contributed by atoms with Gasteiger partial charge in [-0.1, -0.05) is 24.3 Å². The van der Waals surface area contributed by atoms with Crippen molar-refractivity contribution in [2.24, 2.45) is 5.41 Å². The molecule has 5 heteroatoms. The number of methoxy groups -OCH3 is 2. The maximum absolute atomic E-state index is 10.6. The molecule has 3 aliphatic rings. The van der Waals surface area contributed by atoms with Gasteiger partial charge in [-0.2, -0.15) is 0 Å². The van der Waals surface area contributed by atoms with Crippen molar-refractivity contribution in [2.45, 2.75) is 51.7 Å². The number of benzene rings is 2. The fourth-order valence-electron chi connectivity index (χ4n) is 6.01. The molecule has 2 aromatic rings. The largest absolute Gasteiger partial charge is 0.504 e. The van der Waals surface area contributed by atoms with Crippen LogP contribution >= 0.6 is 0 Å². The van der Waals surface area contributed by atoms with Crippen molar-refractivity contribution in [3.05, 3.63) is 53.6 Å². The van der Waals surface area contributed by atoms with Crippen molar-refractivity contribution in [1.29, 1.82) is 0 Å². The molecular formula is C28H33NO4. The number of hydrogen-bond donors (Lipinski definition) is 2. The molecule has 2 N–H and O–H groups in total. The van der Waals surface area contributed by atoms with Crippen molar-refractivity contribution in [2.75, 3.05) is 26.1 Å². The Morgan fingerprint density at radius 3 is 2.64 bits per heavy atom. The number of nitrogens with one attached hydrogen (secondary N) is 1. The van der Waals surface area contributed by atoms with Crippen LogP contribution in [0.1, 0.15) is 57.3 Å². The van der Waals surface area contributed by atoms with E-state index in [1.807, 2.05) is 6.07 Å². The van der Waals surface area contributed by atoms with Crippen LogP contribution in [0.5, 0.6) is 17.2 Å². The highest BCUT2D eigenvalue weighted by Gasteiger charge is 2.47. The van der Waals surface area contributed by atoms with Crippen molar-refractivity contribution < 1.29 is 19.3 Å². The normalized spacial score (nSPS) is 24.5. The molecule has 174 valence electrons. The Kier molecular flexibility index (Phi) is 5.20. The Balaban J connectivity index is 1.82. The number of phenolic OH excluding ortho intramolecular Hbond substituents is 1. The summed E-state index contributed by atoms with van der Waals surface area (Å²) >= 11 is 0. The van der Waals surface area contributed by atoms with E-state index in [2.05, 4.69) is 56.4 Å². The standard InChI is InChI=1S/C28H33NO4/c1-17-15-27(2,3)29-19-10-9-18-23-21(12-11-20(30)25(23)32-5)33-26(24(18)22(17)19)28(16-31-4)13-7-6-8-14-28/h6-7,9-12,15,26,29-30H,8,13-14,16H2,1-5H3. The lowest BCUT2D eigenvalue weighted by Crippen LogP contribution is -2.40. The number of anilines is 1. The summed E-state index contributed by atoms with van der Waals surface area (Å²) in [6.07, 6.45) is 9.48. The first-order chi connectivity index (χ1) is 15.8. The maximum atomic E-state index is 10.6. The quantitative estimate of drug-likeness (QED) is 0.525. The Hall–Kier alpha value is -2.92. The minimum absolute atomic E-state index is 0.112. The number of ether oxygens (including phenoxy) is 3. The highest BCUT2D eigenvalue weighted by atomic mass is 16.5. The van der Waals surface area contributed by atoms with Gasteiger partial charge in [0, 0.05) is 29.3 Å². The smallest absolute Gasteiger partial charge is 0.172 e. The molecule has 2 heterocycles. The molecule has 0 amide bonds. The van der Waals surface area contributed by atoms with Crippen molar-refractivity contribution >= 4 is 11.3 Å². The maximum Gasteiger partial charge on any atom is 0.172 e. The van der Waals surface area contributed by atoms with Gasteiger partial charge in [-0.15, -0.1) is 0 Å². The molecule has 5 nitrogen and oxygen atoms in total. The van der Waals surface area contributed by atoms with Crippen molar-refractivity contribution in [3.8, 4) is 28.4 Å². The zero-order valence-electron chi connectivity index (χ0n) is 20.1. The molecule has 0 bridgehead atoms. The lowest BCUT2D eigenvalue weighted by atomic mass is 9.67. The van der Waals surface area contributed by atoms with Crippen LogP contribution in [0, 0.1) is 5.41 Å². The second-order valence-electron chi connectivity index (χ2n) is 10.1. The van der Waals surface area contributed by atoms with E-state index in [0.29, 0.717) is 12.4 Å². The fourth-order valence-corrected chi connectivity index (χ4v) is 6.01. The molecule has 0 aromatic heterocycles. The zero-order valence-corrected chi connectivity index (χ0v) is 20.1. The summed E-state index contributed by atoms with van der Waals surface area (Å²) in [4.78, 5) is 0. The monoisotopic (exact) mass is 447 g/mol. The Bertz CT molecular complexity index is 1160. The number of rotatable bonds is 4. The van der Waals surface area contributed by atoms with E-state index >= 15 is 0 Å². The first kappa shape index (κ1) is 21.9. The van der Waals surface area contributed by atoms with Gasteiger partial charge in [-0.25, -0.2) is 0 Å². The number of hydrogen-bond acceptors (Lipinski definition) is 5. The molecule has 2 aromatic carbocycles. The highest BCUT2D eigenvalue weighted by molar-refractivity contribution is 5.92. The molecular weight excluding hydrogens is 414 g/mol. The van der Waals surface area contributed by atoms with Crippen LogP contribution in [-0.4, -0.2) is 31.5 Å². The third-order valence-electron chi connectivity index (χ3n) is 7.24. The Morgan fingerprint density at radius 2 is 1.94 bits per heavy atom. The number of phenols is 1. The molecule has 0 saturated heterocycles. The van der Waals surface area contributed by atoms with E-state index in [1.54, 1.807) is 20.3 Å². The predicted molar refractivity (Wildman–Crippen MR) is 132 cm³/mol. The summed E-state index contributed by atoms with van der Waals surface area (Å²) in [6, 6.07) is 7.79. The number of allylic oxidation sites excluding steroid dienone is 3. The molecule has 33 heavy (non-hydrogen) atoms. The summed E-state index contributed by atoms with van der Waals surface area (Å²) in [5, 5.41) is 14.3. The lowest BCUT2D eigenvalue weighted by molar-refractivity contribution is -0.0274. The Labute approximate surface area is 196 Å². The fraction of sp³-hybridized carbons (Fsp3) is 0.429. The van der Waals surface area contributed by atoms with Crippen molar-refractivity contribution in [1.82, 2.24) is 0 Å². The van der Waals surface area contributed by atoms with Gasteiger partial charge in [0.25, 0.3) is 0 Å². The zero-order chi connectivity index (χ0) is 23.4. The number of fused-ring (bicyclic) bond motifs is 5. The first-order valence-corrected chi connectivity index (χ1v) is 11.7. The molecule has 0 fully saturated rings. The van der Waals surface area contributed by atoms with E-state index in [4.69, 9.17) is 14.2 Å². The second-order valence-corrected chi connectivity index (χ2v) is 10.1. The minimum Gasteiger partial charge on any atom is -0.504 e. The van der Waals surface area contributed by atoms with E-state index in [-0.39, 0.29) is 22.8 Å². The molecule has 0 radical (unpaired) electrons. The summed E-state index contributed by atoms with van der Waals surface area (Å²) in [7, 11) is 3.36. The molecule has 5 rings (SSSR count). The summed E-state index contributed by atoms with van der Waals surface area (Å²) in [6.45, 7) is 7.15. The first-order valence-electron chi connectivity index (χ1n) is 11.7. The van der Waals surface area contributed by atoms with Gasteiger partial charge >= 0.3 is 0 Å². The minimum atomic E-state index is -0.194. The molecule has 2 unspecified atom stereocenters. The molecule has 2 atom stereocenters. The van der Waals surface area contributed by atoms with Gasteiger partial charge in [0.2, 0.25) is 0 Å². The molecule has 1 aliphatic carbocycles. The van der Waals surface area contributed by atoms with Crippen LogP contribution in [-0.2, 0) is 4.74 Å². The van der Waals surface area contributed by atoms with Crippen LogP contribution in [0.4, 0.5) is 5.69 Å². The topological polar surface area (TPSA) is 60.0 Å². The Morgan fingerprint density at radius 1 is 1.12 bits per heavy atom. The van der Waals surface area contributed by atoms with E-state index in [9.17, 15) is 5.11 Å². The van der Waals surface area contributed by atoms with Gasteiger partial charge in [-0.3, -0.25) is 0 Å². The molecule has 0 spiro atoms. The summed E-state index contributed by atoms with van der Waals surface area (Å²) < 4.78 is 18.3. The molecule has 0 saturated carbocycles. The average molecular weight is 448 g/mol.